The molecule has 136 valence electrons. The summed E-state index contributed by atoms with van der Waals surface area (Å²) in [5.74, 6) is 1.36. The molecule has 1 heterocycles. The first kappa shape index (κ1) is 18.5. The van der Waals surface area contributed by atoms with Gasteiger partial charge < -0.3 is 14.9 Å². The summed E-state index contributed by atoms with van der Waals surface area (Å²) in [7, 11) is 1.63. The molecule has 8 heteroatoms. The van der Waals surface area contributed by atoms with Gasteiger partial charge in [-0.15, -0.1) is 0 Å². The number of nitrogens with zero attached hydrogens (tertiary/aromatic N) is 2. The molecule has 0 aliphatic rings. The van der Waals surface area contributed by atoms with Crippen molar-refractivity contribution in [1.29, 1.82) is 0 Å². The van der Waals surface area contributed by atoms with Crippen molar-refractivity contribution < 1.29 is 9.47 Å². The second-order valence-corrected chi connectivity index (χ2v) is 6.98. The molecule has 0 amide bonds. The van der Waals surface area contributed by atoms with Gasteiger partial charge in [0.05, 0.1) is 13.7 Å². The van der Waals surface area contributed by atoms with E-state index >= 15 is 0 Å². The highest BCUT2D eigenvalue weighted by Crippen LogP contribution is 2.34. The van der Waals surface area contributed by atoms with Gasteiger partial charge in [0.1, 0.15) is 12.9 Å². The van der Waals surface area contributed by atoms with Crippen LogP contribution in [0.15, 0.2) is 47.2 Å². The van der Waals surface area contributed by atoms with Crippen LogP contribution in [0.2, 0.25) is 0 Å². The number of ether oxygens (including phenoxy) is 2. The number of aryl methyl sites for hydroxylation is 1. The lowest BCUT2D eigenvalue weighted by Crippen LogP contribution is -2.14. The third-order valence-corrected chi connectivity index (χ3v) is 4.87. The quantitative estimate of drug-likeness (QED) is 0.541. The zero-order valence-electron chi connectivity index (χ0n) is 14.5. The average Bonchev–Trinajstić information content (AvgIpc) is 3.05. The van der Waals surface area contributed by atoms with Crippen LogP contribution < -0.4 is 14.9 Å². The van der Waals surface area contributed by atoms with Crippen LogP contribution in [0.4, 0.5) is 0 Å². The molecule has 0 aliphatic heterocycles. The smallest absolute Gasteiger partial charge is 0.214 e. The standard InChI is InChI=1S/C18H19BrN4O2S/c1-12-3-5-13(6-4-12)10-25-17-8-15(19)14(7-16(17)24-2)9-21-23-11-20-22-18(23)26/h3-8,11,21H,9-10H2,1-2H3,(H,22,26). The molecule has 0 unspecified atom stereocenters. The number of rotatable bonds is 7. The summed E-state index contributed by atoms with van der Waals surface area (Å²) in [6.45, 7) is 3.09. The molecule has 0 saturated heterocycles. The van der Waals surface area contributed by atoms with Crippen molar-refractivity contribution in [1.82, 2.24) is 14.9 Å². The number of halogens is 1. The van der Waals surface area contributed by atoms with Crippen molar-refractivity contribution in [3.8, 4) is 11.5 Å². The highest BCUT2D eigenvalue weighted by atomic mass is 79.9. The molecule has 3 aromatic rings. The van der Waals surface area contributed by atoms with Gasteiger partial charge in [-0.1, -0.05) is 45.8 Å². The maximum absolute atomic E-state index is 5.95. The molecule has 26 heavy (non-hydrogen) atoms. The Balaban J connectivity index is 1.72. The van der Waals surface area contributed by atoms with Gasteiger partial charge in [0.25, 0.3) is 0 Å². The summed E-state index contributed by atoms with van der Waals surface area (Å²) in [5.41, 5.74) is 6.51. The first-order valence-electron chi connectivity index (χ1n) is 7.97. The van der Waals surface area contributed by atoms with E-state index in [4.69, 9.17) is 21.7 Å². The number of nitrogens with one attached hydrogen (secondary N) is 2. The maximum Gasteiger partial charge on any atom is 0.214 e. The van der Waals surface area contributed by atoms with Gasteiger partial charge in [-0.25, -0.2) is 4.68 Å². The molecule has 0 radical (unpaired) electrons. The molecule has 2 aromatic carbocycles. The third-order valence-electron chi connectivity index (χ3n) is 3.84. The lowest BCUT2D eigenvalue weighted by atomic mass is 10.1. The zero-order chi connectivity index (χ0) is 18.5. The molecule has 6 nitrogen and oxygen atoms in total. The van der Waals surface area contributed by atoms with E-state index < -0.39 is 0 Å². The lowest BCUT2D eigenvalue weighted by Gasteiger charge is -2.15. The number of benzene rings is 2. The number of methoxy groups -OCH3 is 1. The van der Waals surface area contributed by atoms with Crippen LogP contribution in [0.3, 0.4) is 0 Å². The Kier molecular flexibility index (Phi) is 5.95. The van der Waals surface area contributed by atoms with Crippen LogP contribution in [0.1, 0.15) is 16.7 Å². The Morgan fingerprint density at radius 2 is 2.00 bits per heavy atom. The molecular formula is C18H19BrN4O2S. The van der Waals surface area contributed by atoms with Crippen molar-refractivity contribution in [2.75, 3.05) is 12.5 Å². The van der Waals surface area contributed by atoms with E-state index in [0.717, 1.165) is 15.6 Å². The van der Waals surface area contributed by atoms with Crippen molar-refractivity contribution in [2.24, 2.45) is 0 Å². The Bertz CT molecular complexity index is 937. The summed E-state index contributed by atoms with van der Waals surface area (Å²) >= 11 is 8.71. The van der Waals surface area contributed by atoms with Gasteiger partial charge in [0, 0.05) is 4.47 Å². The van der Waals surface area contributed by atoms with Gasteiger partial charge in [-0.05, 0) is 42.4 Å². The van der Waals surface area contributed by atoms with Gasteiger partial charge >= 0.3 is 0 Å². The average molecular weight is 435 g/mol. The molecule has 0 spiro atoms. The monoisotopic (exact) mass is 434 g/mol. The summed E-state index contributed by atoms with van der Waals surface area (Å²) in [5, 5.41) is 6.57. The van der Waals surface area contributed by atoms with Gasteiger partial charge in [-0.3, -0.25) is 5.10 Å². The zero-order valence-corrected chi connectivity index (χ0v) is 16.9. The van der Waals surface area contributed by atoms with Gasteiger partial charge in [0.2, 0.25) is 4.77 Å². The largest absolute Gasteiger partial charge is 0.493 e. The summed E-state index contributed by atoms with van der Waals surface area (Å²) in [4.78, 5) is 0. The van der Waals surface area contributed by atoms with Crippen LogP contribution in [0.25, 0.3) is 0 Å². The Morgan fingerprint density at radius 3 is 2.65 bits per heavy atom. The van der Waals surface area contributed by atoms with E-state index in [1.807, 2.05) is 12.1 Å². The maximum atomic E-state index is 5.95. The molecule has 0 bridgehead atoms. The Hall–Kier alpha value is -2.32. The minimum Gasteiger partial charge on any atom is -0.493 e. The van der Waals surface area contributed by atoms with E-state index in [2.05, 4.69) is 62.7 Å². The molecule has 3 rings (SSSR count). The summed E-state index contributed by atoms with van der Waals surface area (Å²) in [6.07, 6.45) is 1.59. The van der Waals surface area contributed by atoms with Crippen LogP contribution in [0, 0.1) is 11.7 Å². The number of aromatic amines is 1. The normalized spacial score (nSPS) is 10.6. The second-order valence-electron chi connectivity index (χ2n) is 5.74. The van der Waals surface area contributed by atoms with Crippen LogP contribution in [-0.4, -0.2) is 22.0 Å². The van der Waals surface area contributed by atoms with Gasteiger partial charge in [-0.2, -0.15) is 5.10 Å². The van der Waals surface area contributed by atoms with E-state index in [0.29, 0.717) is 29.4 Å². The number of H-pyrrole nitrogens is 1. The minimum absolute atomic E-state index is 0.477. The highest BCUT2D eigenvalue weighted by molar-refractivity contribution is 9.10. The number of hydrogen-bond donors (Lipinski definition) is 2. The van der Waals surface area contributed by atoms with Crippen molar-refractivity contribution in [2.45, 2.75) is 20.1 Å². The molecule has 2 N–H and O–H groups in total. The van der Waals surface area contributed by atoms with Crippen molar-refractivity contribution >= 4 is 28.1 Å². The molecule has 0 atom stereocenters. The number of hydrogen-bond acceptors (Lipinski definition) is 5. The van der Waals surface area contributed by atoms with E-state index in [1.165, 1.54) is 5.56 Å². The van der Waals surface area contributed by atoms with Crippen molar-refractivity contribution in [3.63, 3.8) is 0 Å². The molecular weight excluding hydrogens is 416 g/mol. The van der Waals surface area contributed by atoms with E-state index in [9.17, 15) is 0 Å². The van der Waals surface area contributed by atoms with Crippen LogP contribution in [-0.2, 0) is 13.2 Å². The van der Waals surface area contributed by atoms with Crippen LogP contribution in [0.5, 0.6) is 11.5 Å². The molecule has 0 saturated carbocycles. The predicted octanol–water partition coefficient (Wildman–Crippen LogP) is 4.34. The SMILES string of the molecule is COc1cc(CNn2cn[nH]c2=S)c(Br)cc1OCc1ccc(C)cc1. The summed E-state index contributed by atoms with van der Waals surface area (Å²) in [6, 6.07) is 12.1. The Labute approximate surface area is 165 Å². The fourth-order valence-corrected chi connectivity index (χ4v) is 2.99. The predicted molar refractivity (Wildman–Crippen MR) is 107 cm³/mol. The Morgan fingerprint density at radius 1 is 1.23 bits per heavy atom. The molecule has 1 aromatic heterocycles. The fourth-order valence-electron chi connectivity index (χ4n) is 2.36. The lowest BCUT2D eigenvalue weighted by molar-refractivity contribution is 0.284. The molecule has 0 aliphatic carbocycles. The highest BCUT2D eigenvalue weighted by Gasteiger charge is 2.11. The van der Waals surface area contributed by atoms with E-state index in [-0.39, 0.29) is 0 Å². The van der Waals surface area contributed by atoms with Crippen LogP contribution >= 0.6 is 28.1 Å². The fraction of sp³-hybridized carbons (Fsp3) is 0.222. The van der Waals surface area contributed by atoms with Gasteiger partial charge in [0.15, 0.2) is 11.5 Å². The second kappa shape index (κ2) is 8.37. The third kappa shape index (κ3) is 4.44. The minimum atomic E-state index is 0.477. The first-order valence-corrected chi connectivity index (χ1v) is 9.17. The van der Waals surface area contributed by atoms with E-state index in [1.54, 1.807) is 18.1 Å². The number of aromatic nitrogens is 3. The first-order chi connectivity index (χ1) is 12.6. The summed E-state index contributed by atoms with van der Waals surface area (Å²) < 4.78 is 14.5. The topological polar surface area (TPSA) is 64.1 Å². The molecule has 0 fully saturated rings. The van der Waals surface area contributed by atoms with Crippen molar-refractivity contribution in [3.05, 3.63) is 68.7 Å².